The predicted octanol–water partition coefficient (Wildman–Crippen LogP) is 7.57. The Kier molecular flexibility index (Phi) is 7.51. The monoisotopic (exact) mass is 662 g/mol. The Balaban J connectivity index is 1.55. The second-order valence-corrected chi connectivity index (χ2v) is 13.8. The Morgan fingerprint density at radius 3 is 2.40 bits per heavy atom. The summed E-state index contributed by atoms with van der Waals surface area (Å²) in [5.74, 6) is -1.96. The van der Waals surface area contributed by atoms with Crippen LogP contribution in [-0.2, 0) is 10.9 Å². The molecule has 2 bridgehead atoms. The number of halogens is 5. The molecule has 2 aliphatic heterocycles. The summed E-state index contributed by atoms with van der Waals surface area (Å²) in [5.41, 5.74) is 2.11. The van der Waals surface area contributed by atoms with E-state index >= 15 is 4.39 Å². The molecule has 2 aromatic carbocycles. The number of carbonyl (C=O) groups is 1. The lowest BCUT2D eigenvalue weighted by atomic mass is 9.92. The number of piperazine rings is 1. The number of fused-ring (bicyclic) bond motifs is 4. The summed E-state index contributed by atoms with van der Waals surface area (Å²) in [4.78, 5) is 25.3. The van der Waals surface area contributed by atoms with Crippen molar-refractivity contribution in [2.45, 2.75) is 62.6 Å². The fourth-order valence-corrected chi connectivity index (χ4v) is 7.52. The van der Waals surface area contributed by atoms with E-state index in [1.807, 2.05) is 6.07 Å². The molecule has 1 amide bonds. The van der Waals surface area contributed by atoms with E-state index in [0.29, 0.717) is 24.2 Å². The van der Waals surface area contributed by atoms with Gasteiger partial charge in [-0.3, -0.25) is 4.90 Å². The maximum atomic E-state index is 16.7. The normalized spacial score (nSPS) is 18.6. The fraction of sp³-hybridized carbons (Fsp3) is 0.400. The van der Waals surface area contributed by atoms with Gasteiger partial charge in [0.25, 0.3) is 0 Å². The van der Waals surface area contributed by atoms with E-state index in [-0.39, 0.29) is 73.3 Å². The van der Waals surface area contributed by atoms with Crippen molar-refractivity contribution in [1.29, 1.82) is 5.26 Å². The van der Waals surface area contributed by atoms with Gasteiger partial charge in [0.15, 0.2) is 11.0 Å². The standard InChI is InChI=1S/C30H27F5N6O2S2/c1-29(2,3)43-28(42)41-13-5-6-14(41)12-40(11-13)26-16-9-18(30(33,34)35)21(22(32)23(16)38-27(39-26)44-4)15-7-8-19(31)24-20(15)17(10-36)25(37)45-24/h7-9,13-14H,5-6,11-12,37H2,1-4H3. The number of thiophene rings is 1. The number of hydrogen-bond acceptors (Lipinski definition) is 9. The van der Waals surface area contributed by atoms with Gasteiger partial charge in [0.05, 0.1) is 27.9 Å². The molecule has 0 radical (unpaired) electrons. The molecule has 0 saturated carbocycles. The molecule has 2 unspecified atom stereocenters. The third-order valence-electron chi connectivity index (χ3n) is 7.96. The van der Waals surface area contributed by atoms with Crippen molar-refractivity contribution < 1.29 is 31.5 Å². The summed E-state index contributed by atoms with van der Waals surface area (Å²) >= 11 is 1.80. The van der Waals surface area contributed by atoms with Crippen LogP contribution in [0.3, 0.4) is 0 Å². The van der Waals surface area contributed by atoms with Crippen molar-refractivity contribution in [3.63, 3.8) is 0 Å². The summed E-state index contributed by atoms with van der Waals surface area (Å²) < 4.78 is 81.3. The fourth-order valence-electron chi connectivity index (χ4n) is 6.21. The highest BCUT2D eigenvalue weighted by atomic mass is 32.2. The molecule has 2 saturated heterocycles. The summed E-state index contributed by atoms with van der Waals surface area (Å²) in [7, 11) is 0. The lowest BCUT2D eigenvalue weighted by Gasteiger charge is -2.42. The molecule has 2 atom stereocenters. The molecule has 2 fully saturated rings. The van der Waals surface area contributed by atoms with E-state index in [4.69, 9.17) is 10.5 Å². The molecule has 2 aromatic heterocycles. The number of ether oxygens (including phenoxy) is 1. The zero-order valence-corrected chi connectivity index (χ0v) is 26.2. The van der Waals surface area contributed by atoms with Crippen molar-refractivity contribution >= 4 is 61.0 Å². The lowest BCUT2D eigenvalue weighted by molar-refractivity contribution is -0.137. The van der Waals surface area contributed by atoms with Crippen molar-refractivity contribution in [3.8, 4) is 17.2 Å². The number of rotatable bonds is 3. The second-order valence-electron chi connectivity index (χ2n) is 12.0. The molecule has 15 heteroatoms. The first-order valence-electron chi connectivity index (χ1n) is 14.0. The van der Waals surface area contributed by atoms with Gasteiger partial charge in [-0.25, -0.2) is 23.5 Å². The molecule has 236 valence electrons. The Labute approximate surface area is 263 Å². The predicted molar refractivity (Wildman–Crippen MR) is 163 cm³/mol. The van der Waals surface area contributed by atoms with Gasteiger partial charge in [-0.2, -0.15) is 18.4 Å². The number of alkyl halides is 3. The Bertz CT molecular complexity index is 1900. The number of thioether (sulfide) groups is 1. The molecule has 2 N–H and O–H groups in total. The summed E-state index contributed by atoms with van der Waals surface area (Å²) in [5, 5.41) is 9.40. The first-order valence-corrected chi connectivity index (χ1v) is 16.0. The first-order chi connectivity index (χ1) is 21.1. The maximum absolute atomic E-state index is 16.7. The van der Waals surface area contributed by atoms with E-state index in [9.17, 15) is 27.6 Å². The van der Waals surface area contributed by atoms with Gasteiger partial charge in [0.1, 0.15) is 33.8 Å². The Morgan fingerprint density at radius 2 is 1.82 bits per heavy atom. The van der Waals surface area contributed by atoms with Crippen LogP contribution in [0.5, 0.6) is 0 Å². The Morgan fingerprint density at radius 1 is 1.16 bits per heavy atom. The van der Waals surface area contributed by atoms with Crippen LogP contribution in [0, 0.1) is 23.0 Å². The molecule has 0 aliphatic carbocycles. The number of carbonyl (C=O) groups excluding carboxylic acids is 1. The third-order valence-corrected chi connectivity index (χ3v) is 9.54. The highest BCUT2D eigenvalue weighted by Crippen LogP contribution is 2.48. The van der Waals surface area contributed by atoms with Crippen LogP contribution in [-0.4, -0.2) is 58.0 Å². The number of benzene rings is 2. The van der Waals surface area contributed by atoms with Crippen molar-refractivity contribution in [2.75, 3.05) is 30.0 Å². The highest BCUT2D eigenvalue weighted by Gasteiger charge is 2.45. The van der Waals surface area contributed by atoms with Gasteiger partial charge >= 0.3 is 12.3 Å². The minimum Gasteiger partial charge on any atom is -0.444 e. The molecular formula is C30H27F5N6O2S2. The number of nitrogen functional groups attached to an aromatic ring is 1. The van der Waals surface area contributed by atoms with Crippen LogP contribution >= 0.6 is 23.1 Å². The average molecular weight is 663 g/mol. The highest BCUT2D eigenvalue weighted by molar-refractivity contribution is 7.98. The van der Waals surface area contributed by atoms with Gasteiger partial charge in [-0.1, -0.05) is 17.8 Å². The van der Waals surface area contributed by atoms with Crippen LogP contribution in [0.4, 0.5) is 37.6 Å². The maximum Gasteiger partial charge on any atom is 0.417 e. The lowest BCUT2D eigenvalue weighted by Crippen LogP contribution is -2.57. The molecule has 6 rings (SSSR count). The molecule has 4 heterocycles. The summed E-state index contributed by atoms with van der Waals surface area (Å²) in [6.07, 6.45) is -2.52. The smallest absolute Gasteiger partial charge is 0.417 e. The number of nitriles is 1. The van der Waals surface area contributed by atoms with Crippen LogP contribution in [0.2, 0.25) is 0 Å². The van der Waals surface area contributed by atoms with E-state index in [2.05, 4.69) is 9.97 Å². The molecule has 45 heavy (non-hydrogen) atoms. The molecule has 0 spiro atoms. The topological polar surface area (TPSA) is 108 Å². The van der Waals surface area contributed by atoms with Gasteiger partial charge in [-0.05, 0) is 57.6 Å². The van der Waals surface area contributed by atoms with Crippen LogP contribution in [0.25, 0.3) is 32.1 Å². The van der Waals surface area contributed by atoms with E-state index in [1.165, 1.54) is 0 Å². The number of hydrogen-bond donors (Lipinski definition) is 1. The van der Waals surface area contributed by atoms with E-state index in [0.717, 1.165) is 30.0 Å². The zero-order valence-electron chi connectivity index (χ0n) is 24.6. The van der Waals surface area contributed by atoms with E-state index < -0.39 is 40.6 Å². The largest absolute Gasteiger partial charge is 0.444 e. The van der Waals surface area contributed by atoms with Gasteiger partial charge in [0.2, 0.25) is 0 Å². The van der Waals surface area contributed by atoms with Crippen LogP contribution in [0.1, 0.15) is 44.7 Å². The molecule has 4 aromatic rings. The van der Waals surface area contributed by atoms with Gasteiger partial charge < -0.3 is 15.4 Å². The molecular weight excluding hydrogens is 635 g/mol. The van der Waals surface area contributed by atoms with Gasteiger partial charge in [0, 0.05) is 29.4 Å². The second kappa shape index (κ2) is 10.9. The SMILES string of the molecule is CSc1nc(N2CC3CCC(C2)N3C(=O)OC(C)(C)C)c2cc(C(F)(F)F)c(-c3ccc(F)c4sc(N)c(C#N)c34)c(F)c2n1. The minimum atomic E-state index is -5.05. The number of anilines is 2. The van der Waals surface area contributed by atoms with Gasteiger partial charge in [-0.15, -0.1) is 11.3 Å². The number of nitrogens with two attached hydrogens (primary N) is 1. The molecule has 8 nitrogen and oxygen atoms in total. The quantitative estimate of drug-likeness (QED) is 0.136. The van der Waals surface area contributed by atoms with Crippen molar-refractivity contribution in [3.05, 3.63) is 41.0 Å². The minimum absolute atomic E-state index is 0.0944. The van der Waals surface area contributed by atoms with Crippen LogP contribution < -0.4 is 10.6 Å². The first kappa shape index (κ1) is 31.1. The zero-order chi connectivity index (χ0) is 32.6. The number of nitrogens with zero attached hydrogens (tertiary/aromatic N) is 5. The number of aromatic nitrogens is 2. The van der Waals surface area contributed by atoms with Crippen molar-refractivity contribution in [2.24, 2.45) is 0 Å². The van der Waals surface area contributed by atoms with Crippen LogP contribution in [0.15, 0.2) is 23.4 Å². The summed E-state index contributed by atoms with van der Waals surface area (Å²) in [6, 6.07) is 4.02. The third kappa shape index (κ3) is 5.27. The molecule has 2 aliphatic rings. The Hall–Kier alpha value is -3.90. The average Bonchev–Trinajstić information content (AvgIpc) is 3.44. The summed E-state index contributed by atoms with van der Waals surface area (Å²) in [6.45, 7) is 5.81. The van der Waals surface area contributed by atoms with E-state index in [1.54, 1.807) is 36.8 Å². The van der Waals surface area contributed by atoms with Crippen molar-refractivity contribution in [1.82, 2.24) is 14.9 Å². The number of amides is 1.